The van der Waals surface area contributed by atoms with Gasteiger partial charge in [0.05, 0.1) is 12.3 Å². The molecule has 0 saturated carbocycles. The predicted octanol–water partition coefficient (Wildman–Crippen LogP) is 2.41. The Labute approximate surface area is 97.8 Å². The average molecular weight is 222 g/mol. The first-order chi connectivity index (χ1) is 7.81. The molecule has 1 N–H and O–H groups in total. The number of nitrogens with zero attached hydrogens (tertiary/aromatic N) is 1. The van der Waals surface area contributed by atoms with E-state index in [1.54, 1.807) is 6.26 Å². The topological polar surface area (TPSA) is 28.4 Å². The maximum absolute atomic E-state index is 5.47. The molecule has 0 aromatic carbocycles. The molecule has 1 aliphatic rings. The van der Waals surface area contributed by atoms with Crippen molar-refractivity contribution >= 4 is 0 Å². The van der Waals surface area contributed by atoms with Crippen molar-refractivity contribution in [2.45, 2.75) is 38.8 Å². The van der Waals surface area contributed by atoms with Crippen LogP contribution in [0.5, 0.6) is 0 Å². The molecule has 1 fully saturated rings. The molecule has 1 aromatic rings. The SMILES string of the molecule is CCNC1CCN(C(C)c2ccco2)CC1. The van der Waals surface area contributed by atoms with E-state index in [4.69, 9.17) is 4.42 Å². The van der Waals surface area contributed by atoms with E-state index in [-0.39, 0.29) is 0 Å². The quantitative estimate of drug-likeness (QED) is 0.848. The van der Waals surface area contributed by atoms with Crippen molar-refractivity contribution in [1.82, 2.24) is 10.2 Å². The Balaban J connectivity index is 1.84. The lowest BCUT2D eigenvalue weighted by atomic mass is 10.0. The fourth-order valence-electron chi connectivity index (χ4n) is 2.49. The minimum absolute atomic E-state index is 0.414. The van der Waals surface area contributed by atoms with Crippen LogP contribution < -0.4 is 5.32 Å². The molecule has 3 nitrogen and oxygen atoms in total. The number of rotatable bonds is 4. The number of hydrogen-bond acceptors (Lipinski definition) is 3. The normalized spacial score (nSPS) is 21.1. The second-order valence-electron chi connectivity index (χ2n) is 4.56. The molecule has 1 aliphatic heterocycles. The van der Waals surface area contributed by atoms with Crippen molar-refractivity contribution in [3.05, 3.63) is 24.2 Å². The summed E-state index contributed by atoms with van der Waals surface area (Å²) in [6, 6.07) is 5.17. The van der Waals surface area contributed by atoms with E-state index < -0.39 is 0 Å². The maximum atomic E-state index is 5.47. The van der Waals surface area contributed by atoms with Crippen molar-refractivity contribution in [2.24, 2.45) is 0 Å². The standard InChI is InChI=1S/C13H22N2O/c1-3-14-12-6-8-15(9-7-12)11(2)13-5-4-10-16-13/h4-5,10-12,14H,3,6-9H2,1-2H3. The summed E-state index contributed by atoms with van der Waals surface area (Å²) in [5, 5.41) is 3.53. The Morgan fingerprint density at radius 1 is 1.50 bits per heavy atom. The van der Waals surface area contributed by atoms with Crippen LogP contribution in [0.2, 0.25) is 0 Å². The van der Waals surface area contributed by atoms with E-state index in [1.807, 2.05) is 6.07 Å². The van der Waals surface area contributed by atoms with Gasteiger partial charge < -0.3 is 9.73 Å². The molecular weight excluding hydrogens is 200 g/mol. The molecule has 0 bridgehead atoms. The second-order valence-corrected chi connectivity index (χ2v) is 4.56. The van der Waals surface area contributed by atoms with Crippen LogP contribution in [0.4, 0.5) is 0 Å². The number of nitrogens with one attached hydrogen (secondary N) is 1. The summed E-state index contributed by atoms with van der Waals surface area (Å²) in [6.07, 6.45) is 4.26. The van der Waals surface area contributed by atoms with Crippen LogP contribution in [0, 0.1) is 0 Å². The van der Waals surface area contributed by atoms with Crippen LogP contribution in [0.25, 0.3) is 0 Å². The van der Waals surface area contributed by atoms with Gasteiger partial charge in [0.1, 0.15) is 5.76 Å². The third-order valence-electron chi connectivity index (χ3n) is 3.53. The van der Waals surface area contributed by atoms with Gasteiger partial charge in [-0.15, -0.1) is 0 Å². The highest BCUT2D eigenvalue weighted by molar-refractivity contribution is 5.04. The molecule has 90 valence electrons. The van der Waals surface area contributed by atoms with Crippen LogP contribution in [0.3, 0.4) is 0 Å². The molecule has 1 unspecified atom stereocenters. The summed E-state index contributed by atoms with van der Waals surface area (Å²) in [5.41, 5.74) is 0. The molecule has 2 heterocycles. The summed E-state index contributed by atoms with van der Waals surface area (Å²) in [5.74, 6) is 1.09. The Morgan fingerprint density at radius 2 is 2.25 bits per heavy atom. The highest BCUT2D eigenvalue weighted by atomic mass is 16.3. The molecule has 1 aromatic heterocycles. The van der Waals surface area contributed by atoms with Crippen molar-refractivity contribution < 1.29 is 4.42 Å². The summed E-state index contributed by atoms with van der Waals surface area (Å²) in [4.78, 5) is 2.51. The number of likely N-dealkylation sites (tertiary alicyclic amines) is 1. The molecule has 0 spiro atoms. The summed E-state index contributed by atoms with van der Waals surface area (Å²) < 4.78 is 5.47. The van der Waals surface area contributed by atoms with Gasteiger partial charge in [-0.25, -0.2) is 0 Å². The van der Waals surface area contributed by atoms with Gasteiger partial charge in [-0.05, 0) is 38.4 Å². The Hall–Kier alpha value is -0.800. The van der Waals surface area contributed by atoms with Crippen LogP contribution >= 0.6 is 0 Å². The Bertz CT molecular complexity index is 289. The number of piperidine rings is 1. The van der Waals surface area contributed by atoms with Gasteiger partial charge in [0.25, 0.3) is 0 Å². The third kappa shape index (κ3) is 2.66. The largest absolute Gasteiger partial charge is 0.468 e. The molecule has 3 heteroatoms. The molecule has 2 rings (SSSR count). The highest BCUT2D eigenvalue weighted by Gasteiger charge is 2.23. The van der Waals surface area contributed by atoms with Crippen LogP contribution in [0.1, 0.15) is 38.5 Å². The van der Waals surface area contributed by atoms with Crippen molar-refractivity contribution in [2.75, 3.05) is 19.6 Å². The summed E-state index contributed by atoms with van der Waals surface area (Å²) >= 11 is 0. The van der Waals surface area contributed by atoms with E-state index >= 15 is 0 Å². The third-order valence-corrected chi connectivity index (χ3v) is 3.53. The molecule has 16 heavy (non-hydrogen) atoms. The van der Waals surface area contributed by atoms with Gasteiger partial charge in [-0.2, -0.15) is 0 Å². The molecule has 0 amide bonds. The smallest absolute Gasteiger partial charge is 0.120 e. The van der Waals surface area contributed by atoms with Gasteiger partial charge in [0.15, 0.2) is 0 Å². The summed E-state index contributed by atoms with van der Waals surface area (Å²) in [7, 11) is 0. The van der Waals surface area contributed by atoms with E-state index in [2.05, 4.69) is 30.1 Å². The predicted molar refractivity (Wildman–Crippen MR) is 65.4 cm³/mol. The fraction of sp³-hybridized carbons (Fsp3) is 0.692. The zero-order chi connectivity index (χ0) is 11.4. The van der Waals surface area contributed by atoms with Gasteiger partial charge in [-0.3, -0.25) is 4.90 Å². The fourth-order valence-corrected chi connectivity index (χ4v) is 2.49. The van der Waals surface area contributed by atoms with Crippen LogP contribution in [0.15, 0.2) is 22.8 Å². The average Bonchev–Trinajstić information content (AvgIpc) is 2.83. The molecular formula is C13H22N2O. The van der Waals surface area contributed by atoms with Crippen molar-refractivity contribution in [3.8, 4) is 0 Å². The van der Waals surface area contributed by atoms with Crippen molar-refractivity contribution in [3.63, 3.8) is 0 Å². The number of furan rings is 1. The van der Waals surface area contributed by atoms with E-state index in [0.717, 1.165) is 12.3 Å². The second kappa shape index (κ2) is 5.51. The lowest BCUT2D eigenvalue weighted by Gasteiger charge is -2.35. The highest BCUT2D eigenvalue weighted by Crippen LogP contribution is 2.24. The zero-order valence-electron chi connectivity index (χ0n) is 10.3. The minimum atomic E-state index is 0.414. The first-order valence-electron chi connectivity index (χ1n) is 6.32. The molecule has 1 atom stereocenters. The van der Waals surface area contributed by atoms with Gasteiger partial charge in [-0.1, -0.05) is 6.92 Å². The molecule has 0 aliphatic carbocycles. The van der Waals surface area contributed by atoms with E-state index in [9.17, 15) is 0 Å². The van der Waals surface area contributed by atoms with E-state index in [0.29, 0.717) is 12.1 Å². The van der Waals surface area contributed by atoms with Crippen LogP contribution in [-0.4, -0.2) is 30.6 Å². The van der Waals surface area contributed by atoms with E-state index in [1.165, 1.54) is 25.9 Å². The Kier molecular flexibility index (Phi) is 4.02. The maximum Gasteiger partial charge on any atom is 0.120 e. The lowest BCUT2D eigenvalue weighted by Crippen LogP contribution is -2.43. The van der Waals surface area contributed by atoms with Crippen LogP contribution in [-0.2, 0) is 0 Å². The number of hydrogen-bond donors (Lipinski definition) is 1. The van der Waals surface area contributed by atoms with Gasteiger partial charge in [0.2, 0.25) is 0 Å². The van der Waals surface area contributed by atoms with Gasteiger partial charge in [0, 0.05) is 19.1 Å². The zero-order valence-corrected chi connectivity index (χ0v) is 10.3. The minimum Gasteiger partial charge on any atom is -0.468 e. The van der Waals surface area contributed by atoms with Crippen molar-refractivity contribution in [1.29, 1.82) is 0 Å². The molecule has 1 saturated heterocycles. The first-order valence-corrected chi connectivity index (χ1v) is 6.32. The van der Waals surface area contributed by atoms with Gasteiger partial charge >= 0.3 is 0 Å². The Morgan fingerprint density at radius 3 is 2.81 bits per heavy atom. The lowest BCUT2D eigenvalue weighted by molar-refractivity contribution is 0.139. The molecule has 0 radical (unpaired) electrons. The summed E-state index contributed by atoms with van der Waals surface area (Å²) in [6.45, 7) is 7.82. The monoisotopic (exact) mass is 222 g/mol. The first kappa shape index (κ1) is 11.7.